The van der Waals surface area contributed by atoms with Crippen LogP contribution in [0.2, 0.25) is 0 Å². The number of methoxy groups -OCH3 is 2. The Balaban J connectivity index is 1.93. The summed E-state index contributed by atoms with van der Waals surface area (Å²) in [6, 6.07) is 6.61. The van der Waals surface area contributed by atoms with Crippen LogP contribution >= 0.6 is 11.3 Å². The molecule has 0 unspecified atom stereocenters. The number of hydrogen-bond acceptors (Lipinski definition) is 6. The van der Waals surface area contributed by atoms with Crippen molar-refractivity contribution in [1.29, 1.82) is 0 Å². The van der Waals surface area contributed by atoms with E-state index < -0.39 is 0 Å². The molecule has 0 fully saturated rings. The average molecular weight is 406 g/mol. The molecule has 0 radical (unpaired) electrons. The molecule has 0 saturated carbocycles. The second kappa shape index (κ2) is 10.4. The van der Waals surface area contributed by atoms with Gasteiger partial charge in [0.25, 0.3) is 0 Å². The quantitative estimate of drug-likeness (QED) is 0.654. The predicted molar refractivity (Wildman–Crippen MR) is 114 cm³/mol. The first-order valence-electron chi connectivity index (χ1n) is 9.55. The summed E-state index contributed by atoms with van der Waals surface area (Å²) in [6.45, 7) is 10.2. The molecule has 0 spiro atoms. The van der Waals surface area contributed by atoms with Crippen LogP contribution in [0.15, 0.2) is 23.6 Å². The van der Waals surface area contributed by atoms with Crippen LogP contribution < -0.4 is 14.8 Å². The Morgan fingerprint density at radius 2 is 1.82 bits per heavy atom. The molecule has 0 aliphatic heterocycles. The summed E-state index contributed by atoms with van der Waals surface area (Å²) >= 11 is 1.52. The van der Waals surface area contributed by atoms with E-state index in [1.807, 2.05) is 23.6 Å². The maximum Gasteiger partial charge on any atom is 0.226 e. The van der Waals surface area contributed by atoms with Gasteiger partial charge in [0.1, 0.15) is 5.01 Å². The van der Waals surface area contributed by atoms with Gasteiger partial charge in [-0.25, -0.2) is 4.98 Å². The molecule has 2 aromatic rings. The molecule has 0 atom stereocenters. The van der Waals surface area contributed by atoms with Crippen LogP contribution in [0.3, 0.4) is 0 Å². The summed E-state index contributed by atoms with van der Waals surface area (Å²) in [6.07, 6.45) is 0.285. The molecule has 1 amide bonds. The van der Waals surface area contributed by atoms with Gasteiger partial charge >= 0.3 is 0 Å². The highest BCUT2D eigenvalue weighted by molar-refractivity contribution is 7.13. The number of nitrogens with zero attached hydrogens (tertiary/aromatic N) is 2. The fourth-order valence-corrected chi connectivity index (χ4v) is 3.97. The van der Waals surface area contributed by atoms with Crippen molar-refractivity contribution in [2.24, 2.45) is 0 Å². The molecule has 154 valence electrons. The van der Waals surface area contributed by atoms with Crippen LogP contribution in [0, 0.1) is 0 Å². The number of thiazole rings is 1. The molecule has 1 heterocycles. The van der Waals surface area contributed by atoms with E-state index in [2.05, 4.69) is 42.9 Å². The minimum absolute atomic E-state index is 0.00313. The van der Waals surface area contributed by atoms with Gasteiger partial charge in [0, 0.05) is 36.1 Å². The Morgan fingerprint density at radius 3 is 2.43 bits per heavy atom. The van der Waals surface area contributed by atoms with Crippen molar-refractivity contribution >= 4 is 17.2 Å². The summed E-state index contributed by atoms with van der Waals surface area (Å²) in [5.41, 5.74) is 1.72. The monoisotopic (exact) mass is 405 g/mol. The zero-order valence-electron chi connectivity index (χ0n) is 17.6. The minimum atomic E-state index is -0.00313. The van der Waals surface area contributed by atoms with Gasteiger partial charge in [-0.3, -0.25) is 9.69 Å². The number of nitrogens with one attached hydrogen (secondary N) is 1. The number of benzene rings is 1. The standard InChI is InChI=1S/C21H31N3O3S/c1-14(2)24(15(3)4)10-9-22-20(25)12-17-13-28-21(23-17)16-7-8-18(26-5)19(11-16)27-6/h7-8,11,13-15H,9-10,12H2,1-6H3,(H,22,25). The van der Waals surface area contributed by atoms with Crippen LogP contribution in [0.1, 0.15) is 33.4 Å². The molecule has 28 heavy (non-hydrogen) atoms. The van der Waals surface area contributed by atoms with Crippen molar-refractivity contribution < 1.29 is 14.3 Å². The van der Waals surface area contributed by atoms with Gasteiger partial charge in [0.15, 0.2) is 11.5 Å². The maximum absolute atomic E-state index is 12.3. The van der Waals surface area contributed by atoms with Crippen molar-refractivity contribution in [3.63, 3.8) is 0 Å². The van der Waals surface area contributed by atoms with Crippen LogP contribution in [-0.4, -0.2) is 55.2 Å². The van der Waals surface area contributed by atoms with Crippen molar-refractivity contribution in [2.75, 3.05) is 27.3 Å². The molecule has 2 rings (SSSR count). The van der Waals surface area contributed by atoms with E-state index in [4.69, 9.17) is 9.47 Å². The lowest BCUT2D eigenvalue weighted by molar-refractivity contribution is -0.120. The zero-order chi connectivity index (χ0) is 20.7. The molecule has 7 heteroatoms. The second-order valence-corrected chi connectivity index (χ2v) is 8.02. The smallest absolute Gasteiger partial charge is 0.226 e. The molecular weight excluding hydrogens is 374 g/mol. The Hall–Kier alpha value is -2.12. The number of hydrogen-bond donors (Lipinski definition) is 1. The van der Waals surface area contributed by atoms with Crippen LogP contribution in [0.5, 0.6) is 11.5 Å². The number of ether oxygens (including phenoxy) is 2. The van der Waals surface area contributed by atoms with E-state index in [0.717, 1.165) is 22.8 Å². The lowest BCUT2D eigenvalue weighted by Gasteiger charge is -2.30. The van der Waals surface area contributed by atoms with Crippen molar-refractivity contribution in [1.82, 2.24) is 15.2 Å². The highest BCUT2D eigenvalue weighted by atomic mass is 32.1. The van der Waals surface area contributed by atoms with Gasteiger partial charge in [-0.05, 0) is 45.9 Å². The molecule has 0 bridgehead atoms. The minimum Gasteiger partial charge on any atom is -0.493 e. The Kier molecular flexibility index (Phi) is 8.26. The van der Waals surface area contributed by atoms with E-state index >= 15 is 0 Å². The largest absolute Gasteiger partial charge is 0.493 e. The highest BCUT2D eigenvalue weighted by Gasteiger charge is 2.14. The van der Waals surface area contributed by atoms with E-state index in [1.165, 1.54) is 11.3 Å². The fraction of sp³-hybridized carbons (Fsp3) is 0.524. The molecule has 0 saturated heterocycles. The van der Waals surface area contributed by atoms with Gasteiger partial charge in [0.05, 0.1) is 26.3 Å². The lowest BCUT2D eigenvalue weighted by atomic mass is 10.2. The van der Waals surface area contributed by atoms with Crippen LogP contribution in [0.25, 0.3) is 10.6 Å². The SMILES string of the molecule is COc1ccc(-c2nc(CC(=O)NCCN(C(C)C)C(C)C)cs2)cc1OC. The number of carbonyl (C=O) groups excluding carboxylic acids is 1. The van der Waals surface area contributed by atoms with Crippen molar-refractivity contribution in [3.05, 3.63) is 29.3 Å². The fourth-order valence-electron chi connectivity index (χ4n) is 3.15. The van der Waals surface area contributed by atoms with Crippen LogP contribution in [-0.2, 0) is 11.2 Å². The average Bonchev–Trinajstić information content (AvgIpc) is 3.12. The molecule has 1 N–H and O–H groups in total. The summed E-state index contributed by atoms with van der Waals surface area (Å²) in [4.78, 5) is 19.2. The maximum atomic E-state index is 12.3. The van der Waals surface area contributed by atoms with Gasteiger partial charge in [0.2, 0.25) is 5.91 Å². The summed E-state index contributed by atoms with van der Waals surface area (Å²) < 4.78 is 10.6. The third kappa shape index (κ3) is 5.94. The number of aromatic nitrogens is 1. The van der Waals surface area contributed by atoms with Gasteiger partial charge in [-0.2, -0.15) is 0 Å². The Morgan fingerprint density at radius 1 is 1.14 bits per heavy atom. The lowest BCUT2D eigenvalue weighted by Crippen LogP contribution is -2.42. The Labute approximate surface area is 171 Å². The molecule has 6 nitrogen and oxygen atoms in total. The first kappa shape index (κ1) is 22.2. The van der Waals surface area contributed by atoms with Crippen molar-refractivity contribution in [3.8, 4) is 22.1 Å². The van der Waals surface area contributed by atoms with Crippen LogP contribution in [0.4, 0.5) is 0 Å². The van der Waals surface area contributed by atoms with Gasteiger partial charge in [-0.15, -0.1) is 11.3 Å². The third-order valence-corrected chi connectivity index (χ3v) is 5.48. The summed E-state index contributed by atoms with van der Waals surface area (Å²) in [5.74, 6) is 1.34. The third-order valence-electron chi connectivity index (χ3n) is 4.54. The Bertz CT molecular complexity index is 766. The van der Waals surface area contributed by atoms with Crippen molar-refractivity contribution in [2.45, 2.75) is 46.2 Å². The van der Waals surface area contributed by atoms with E-state index in [9.17, 15) is 4.79 Å². The first-order valence-corrected chi connectivity index (χ1v) is 10.4. The molecule has 1 aromatic carbocycles. The number of carbonyl (C=O) groups is 1. The number of amides is 1. The van der Waals surface area contributed by atoms with Gasteiger partial charge < -0.3 is 14.8 Å². The molecule has 0 aliphatic rings. The van der Waals surface area contributed by atoms with E-state index in [0.29, 0.717) is 30.1 Å². The topological polar surface area (TPSA) is 63.7 Å². The van der Waals surface area contributed by atoms with Gasteiger partial charge in [-0.1, -0.05) is 0 Å². The normalized spacial score (nSPS) is 11.3. The van der Waals surface area contributed by atoms with E-state index in [1.54, 1.807) is 14.2 Å². The molecule has 1 aromatic heterocycles. The summed E-state index contributed by atoms with van der Waals surface area (Å²) in [7, 11) is 3.22. The zero-order valence-corrected chi connectivity index (χ0v) is 18.4. The molecular formula is C21H31N3O3S. The first-order chi connectivity index (χ1) is 13.3. The highest BCUT2D eigenvalue weighted by Crippen LogP contribution is 2.33. The predicted octanol–water partition coefficient (Wildman–Crippen LogP) is 3.60. The molecule has 0 aliphatic carbocycles. The number of rotatable bonds is 10. The second-order valence-electron chi connectivity index (χ2n) is 7.17. The summed E-state index contributed by atoms with van der Waals surface area (Å²) in [5, 5.41) is 5.79. The van der Waals surface area contributed by atoms with E-state index in [-0.39, 0.29) is 12.3 Å².